The Bertz CT molecular complexity index is 658. The second kappa shape index (κ2) is 6.25. The highest BCUT2D eigenvalue weighted by molar-refractivity contribution is 7.80. The van der Waals surface area contributed by atoms with Crippen LogP contribution in [0.2, 0.25) is 0 Å². The van der Waals surface area contributed by atoms with Crippen molar-refractivity contribution in [2.45, 2.75) is 6.42 Å². The standard InChI is InChI=1S/C15H13FN2OS/c16-12-7-3-1-5-10(12)9-14(19)18-13-8-4-2-6-11(13)15(17)20/h1-8H,9H2,(H2,17,20)(H,18,19). The minimum atomic E-state index is -0.398. The van der Waals surface area contributed by atoms with Crippen LogP contribution in [0.4, 0.5) is 10.1 Å². The van der Waals surface area contributed by atoms with Crippen molar-refractivity contribution in [2.75, 3.05) is 5.32 Å². The number of para-hydroxylation sites is 1. The molecule has 0 atom stereocenters. The number of carbonyl (C=O) groups excluding carboxylic acids is 1. The highest BCUT2D eigenvalue weighted by Gasteiger charge is 2.10. The fourth-order valence-electron chi connectivity index (χ4n) is 1.82. The van der Waals surface area contributed by atoms with E-state index in [-0.39, 0.29) is 17.3 Å². The number of halogens is 1. The fourth-order valence-corrected chi connectivity index (χ4v) is 1.99. The molecule has 2 aromatic carbocycles. The molecule has 0 radical (unpaired) electrons. The summed E-state index contributed by atoms with van der Waals surface area (Å²) in [4.78, 5) is 12.1. The molecule has 1 amide bonds. The molecular weight excluding hydrogens is 275 g/mol. The van der Waals surface area contributed by atoms with Gasteiger partial charge in [-0.25, -0.2) is 4.39 Å². The number of nitrogens with one attached hydrogen (secondary N) is 1. The first-order chi connectivity index (χ1) is 9.58. The van der Waals surface area contributed by atoms with E-state index in [4.69, 9.17) is 18.0 Å². The van der Waals surface area contributed by atoms with E-state index in [1.807, 2.05) is 0 Å². The Balaban J connectivity index is 2.13. The lowest BCUT2D eigenvalue weighted by molar-refractivity contribution is -0.115. The summed E-state index contributed by atoms with van der Waals surface area (Å²) in [5.74, 6) is -0.718. The van der Waals surface area contributed by atoms with Crippen LogP contribution in [0.3, 0.4) is 0 Å². The molecule has 2 rings (SSSR count). The Labute approximate surface area is 121 Å². The molecule has 3 nitrogen and oxygen atoms in total. The molecule has 0 unspecified atom stereocenters. The van der Waals surface area contributed by atoms with Gasteiger partial charge in [-0.15, -0.1) is 0 Å². The fraction of sp³-hybridized carbons (Fsp3) is 0.0667. The van der Waals surface area contributed by atoms with E-state index in [0.29, 0.717) is 16.8 Å². The van der Waals surface area contributed by atoms with Crippen molar-refractivity contribution in [3.8, 4) is 0 Å². The number of hydrogen-bond acceptors (Lipinski definition) is 2. The van der Waals surface area contributed by atoms with E-state index < -0.39 is 5.82 Å². The lowest BCUT2D eigenvalue weighted by Crippen LogP contribution is -2.19. The number of thiocarbonyl (C=S) groups is 1. The van der Waals surface area contributed by atoms with Crippen LogP contribution in [0.5, 0.6) is 0 Å². The van der Waals surface area contributed by atoms with Crippen molar-refractivity contribution in [2.24, 2.45) is 5.73 Å². The quantitative estimate of drug-likeness (QED) is 0.850. The Hall–Kier alpha value is -2.27. The predicted molar refractivity (Wildman–Crippen MR) is 81.1 cm³/mol. The van der Waals surface area contributed by atoms with Gasteiger partial charge in [-0.05, 0) is 23.8 Å². The molecule has 102 valence electrons. The minimum absolute atomic E-state index is 0.0433. The Morgan fingerprint density at radius 3 is 2.50 bits per heavy atom. The monoisotopic (exact) mass is 288 g/mol. The van der Waals surface area contributed by atoms with Gasteiger partial charge in [0.1, 0.15) is 10.8 Å². The molecule has 20 heavy (non-hydrogen) atoms. The maximum absolute atomic E-state index is 13.5. The van der Waals surface area contributed by atoms with E-state index in [0.717, 1.165) is 0 Å². The van der Waals surface area contributed by atoms with Gasteiger partial charge in [0, 0.05) is 5.56 Å². The molecule has 3 N–H and O–H groups in total. The predicted octanol–water partition coefficient (Wildman–Crippen LogP) is 2.64. The Kier molecular flexibility index (Phi) is 4.42. The van der Waals surface area contributed by atoms with Gasteiger partial charge in [0.2, 0.25) is 5.91 Å². The average molecular weight is 288 g/mol. The summed E-state index contributed by atoms with van der Waals surface area (Å²) in [6.45, 7) is 0. The van der Waals surface area contributed by atoms with E-state index in [1.165, 1.54) is 6.07 Å². The molecule has 0 aliphatic heterocycles. The van der Waals surface area contributed by atoms with Crippen molar-refractivity contribution in [3.05, 3.63) is 65.5 Å². The van der Waals surface area contributed by atoms with Gasteiger partial charge in [-0.2, -0.15) is 0 Å². The SMILES string of the molecule is NC(=S)c1ccccc1NC(=O)Cc1ccccc1F. The lowest BCUT2D eigenvalue weighted by atomic mass is 10.1. The smallest absolute Gasteiger partial charge is 0.228 e. The van der Waals surface area contributed by atoms with Crippen LogP contribution in [0.15, 0.2) is 48.5 Å². The number of nitrogens with two attached hydrogens (primary N) is 1. The highest BCUT2D eigenvalue weighted by Crippen LogP contribution is 2.16. The van der Waals surface area contributed by atoms with Gasteiger partial charge < -0.3 is 11.1 Å². The molecule has 0 aliphatic carbocycles. The van der Waals surface area contributed by atoms with Crippen LogP contribution in [-0.2, 0) is 11.2 Å². The van der Waals surface area contributed by atoms with Gasteiger partial charge in [-0.1, -0.05) is 42.5 Å². The zero-order valence-corrected chi connectivity index (χ0v) is 11.4. The summed E-state index contributed by atoms with van der Waals surface area (Å²) in [5.41, 5.74) is 7.05. The molecular formula is C15H13FN2OS. The summed E-state index contributed by atoms with van der Waals surface area (Å²) in [5, 5.41) is 2.69. The summed E-state index contributed by atoms with van der Waals surface area (Å²) >= 11 is 4.92. The van der Waals surface area contributed by atoms with Crippen LogP contribution in [0, 0.1) is 5.82 Å². The van der Waals surface area contributed by atoms with Crippen LogP contribution in [0.25, 0.3) is 0 Å². The Morgan fingerprint density at radius 1 is 1.15 bits per heavy atom. The first-order valence-electron chi connectivity index (χ1n) is 6.00. The summed E-state index contributed by atoms with van der Waals surface area (Å²) in [7, 11) is 0. The third-order valence-corrected chi connectivity index (χ3v) is 3.00. The van der Waals surface area contributed by atoms with Gasteiger partial charge in [-0.3, -0.25) is 4.79 Å². The molecule has 0 aromatic heterocycles. The highest BCUT2D eigenvalue weighted by atomic mass is 32.1. The average Bonchev–Trinajstić information content (AvgIpc) is 2.41. The van der Waals surface area contributed by atoms with E-state index in [1.54, 1.807) is 42.5 Å². The molecule has 5 heteroatoms. The van der Waals surface area contributed by atoms with Crippen LogP contribution < -0.4 is 11.1 Å². The molecule has 2 aromatic rings. The lowest BCUT2D eigenvalue weighted by Gasteiger charge is -2.10. The second-order valence-electron chi connectivity index (χ2n) is 4.23. The number of amides is 1. The topological polar surface area (TPSA) is 55.1 Å². The number of anilines is 1. The summed E-state index contributed by atoms with van der Waals surface area (Å²) < 4.78 is 13.5. The van der Waals surface area contributed by atoms with E-state index in [2.05, 4.69) is 5.32 Å². The van der Waals surface area contributed by atoms with Gasteiger partial charge in [0.25, 0.3) is 0 Å². The van der Waals surface area contributed by atoms with Crippen molar-refractivity contribution in [1.82, 2.24) is 0 Å². The van der Waals surface area contributed by atoms with Crippen molar-refractivity contribution < 1.29 is 9.18 Å². The zero-order valence-electron chi connectivity index (χ0n) is 10.6. The van der Waals surface area contributed by atoms with Gasteiger partial charge >= 0.3 is 0 Å². The van der Waals surface area contributed by atoms with Crippen molar-refractivity contribution in [1.29, 1.82) is 0 Å². The molecule has 0 bridgehead atoms. The number of carbonyl (C=O) groups is 1. The molecule has 0 aliphatic rings. The maximum Gasteiger partial charge on any atom is 0.228 e. The van der Waals surface area contributed by atoms with Crippen molar-refractivity contribution in [3.63, 3.8) is 0 Å². The van der Waals surface area contributed by atoms with E-state index >= 15 is 0 Å². The van der Waals surface area contributed by atoms with Gasteiger partial charge in [0.15, 0.2) is 0 Å². The third kappa shape index (κ3) is 3.39. The molecule has 0 spiro atoms. The normalized spacial score (nSPS) is 10.1. The summed E-state index contributed by atoms with van der Waals surface area (Å²) in [6.07, 6.45) is -0.0433. The van der Waals surface area contributed by atoms with E-state index in [9.17, 15) is 9.18 Å². The number of rotatable bonds is 4. The molecule has 0 fully saturated rings. The van der Waals surface area contributed by atoms with Crippen LogP contribution >= 0.6 is 12.2 Å². The molecule has 0 saturated carbocycles. The first-order valence-corrected chi connectivity index (χ1v) is 6.41. The van der Waals surface area contributed by atoms with Crippen LogP contribution in [-0.4, -0.2) is 10.9 Å². The maximum atomic E-state index is 13.5. The zero-order chi connectivity index (χ0) is 14.5. The largest absolute Gasteiger partial charge is 0.389 e. The Morgan fingerprint density at radius 2 is 1.80 bits per heavy atom. The first kappa shape index (κ1) is 14.1. The number of hydrogen-bond donors (Lipinski definition) is 2. The third-order valence-electron chi connectivity index (χ3n) is 2.78. The molecule has 0 saturated heterocycles. The van der Waals surface area contributed by atoms with Crippen molar-refractivity contribution >= 4 is 28.8 Å². The summed E-state index contributed by atoms with van der Waals surface area (Å²) in [6, 6.07) is 13.1. The van der Waals surface area contributed by atoms with Gasteiger partial charge in [0.05, 0.1) is 12.1 Å². The molecule has 0 heterocycles. The minimum Gasteiger partial charge on any atom is -0.389 e. The second-order valence-corrected chi connectivity index (χ2v) is 4.67. The van der Waals surface area contributed by atoms with Crippen LogP contribution in [0.1, 0.15) is 11.1 Å². The number of benzene rings is 2.